The molecule has 0 fully saturated rings. The molecule has 2 heterocycles. The molecule has 0 unspecified atom stereocenters. The second kappa shape index (κ2) is 6.52. The molecule has 0 bridgehead atoms. The van der Waals surface area contributed by atoms with Crippen LogP contribution in [-0.2, 0) is 13.1 Å². The molecule has 0 atom stereocenters. The third-order valence-corrected chi connectivity index (χ3v) is 4.48. The van der Waals surface area contributed by atoms with Crippen molar-refractivity contribution in [3.63, 3.8) is 0 Å². The number of rotatable bonds is 3. The summed E-state index contributed by atoms with van der Waals surface area (Å²) in [7, 11) is 0. The molecule has 0 aliphatic carbocycles. The van der Waals surface area contributed by atoms with Crippen molar-refractivity contribution < 1.29 is 9.72 Å². The van der Waals surface area contributed by atoms with Crippen LogP contribution in [-0.4, -0.2) is 36.6 Å². The zero-order chi connectivity index (χ0) is 19.0. The third kappa shape index (κ3) is 2.99. The lowest BCUT2D eigenvalue weighted by molar-refractivity contribution is -0.384. The van der Waals surface area contributed by atoms with Crippen molar-refractivity contribution in [2.75, 3.05) is 6.54 Å². The van der Waals surface area contributed by atoms with Crippen molar-refractivity contribution in [2.45, 2.75) is 13.1 Å². The predicted octanol–water partition coefficient (Wildman–Crippen LogP) is 1.60. The van der Waals surface area contributed by atoms with Crippen LogP contribution >= 0.6 is 0 Å². The second-order valence-electron chi connectivity index (χ2n) is 6.13. The number of nitro groups is 1. The van der Waals surface area contributed by atoms with Gasteiger partial charge >= 0.3 is 5.69 Å². The number of hydrogen-bond donors (Lipinski definition) is 0. The molecule has 27 heavy (non-hydrogen) atoms. The largest absolute Gasteiger partial charge is 0.350 e. The summed E-state index contributed by atoms with van der Waals surface area (Å²) in [6, 6.07) is 14.6. The summed E-state index contributed by atoms with van der Waals surface area (Å²) in [5, 5.41) is 15.1. The number of carbonyl (C=O) groups excluding carboxylic acids is 1. The Bertz CT molecular complexity index is 1070. The number of nitro benzene ring substituents is 1. The fourth-order valence-corrected chi connectivity index (χ4v) is 3.07. The molecule has 1 aliphatic heterocycles. The van der Waals surface area contributed by atoms with Crippen LogP contribution in [0.3, 0.4) is 0 Å². The van der Waals surface area contributed by atoms with Crippen molar-refractivity contribution >= 4 is 11.6 Å². The van der Waals surface area contributed by atoms with Gasteiger partial charge in [-0.3, -0.25) is 19.5 Å². The van der Waals surface area contributed by atoms with Crippen molar-refractivity contribution in [1.82, 2.24) is 19.2 Å². The fourth-order valence-electron chi connectivity index (χ4n) is 3.07. The molecule has 9 heteroatoms. The molecule has 0 saturated heterocycles. The van der Waals surface area contributed by atoms with Gasteiger partial charge in [0.25, 0.3) is 11.6 Å². The number of non-ortho nitro benzene ring substituents is 1. The molecule has 1 amide bonds. The van der Waals surface area contributed by atoms with E-state index in [1.165, 1.54) is 33.5 Å². The maximum Gasteiger partial charge on any atom is 0.350 e. The van der Waals surface area contributed by atoms with E-state index in [0.717, 1.165) is 0 Å². The van der Waals surface area contributed by atoms with E-state index in [2.05, 4.69) is 5.10 Å². The first kappa shape index (κ1) is 16.7. The van der Waals surface area contributed by atoms with Gasteiger partial charge in [-0.2, -0.15) is 4.68 Å². The highest BCUT2D eigenvalue weighted by Crippen LogP contribution is 2.16. The monoisotopic (exact) mass is 365 g/mol. The van der Waals surface area contributed by atoms with Gasteiger partial charge in [0.1, 0.15) is 0 Å². The summed E-state index contributed by atoms with van der Waals surface area (Å²) in [5.74, 6) is 0.369. The second-order valence-corrected chi connectivity index (χ2v) is 6.13. The maximum atomic E-state index is 12.6. The molecule has 0 spiro atoms. The molecule has 1 aromatic heterocycles. The van der Waals surface area contributed by atoms with Crippen LogP contribution in [0, 0.1) is 10.1 Å². The molecule has 4 rings (SSSR count). The fraction of sp³-hybridized carbons (Fsp3) is 0.167. The molecule has 1 aliphatic rings. The molecule has 0 radical (unpaired) electrons. The highest BCUT2D eigenvalue weighted by molar-refractivity contribution is 5.94. The molecule has 0 N–H and O–H groups in total. The minimum atomic E-state index is -0.502. The summed E-state index contributed by atoms with van der Waals surface area (Å²) >= 11 is 0. The topological polar surface area (TPSA) is 103 Å². The Balaban J connectivity index is 1.62. The zero-order valence-electron chi connectivity index (χ0n) is 14.2. The number of nitrogens with zero attached hydrogens (tertiary/aromatic N) is 5. The van der Waals surface area contributed by atoms with Gasteiger partial charge in [0.2, 0.25) is 0 Å². The minimum absolute atomic E-state index is 0.0598. The molecular formula is C18H15N5O4. The van der Waals surface area contributed by atoms with E-state index < -0.39 is 4.92 Å². The SMILES string of the molecule is O=C(c1ccccc1)N1CCn2c(nn(-c3ccc([N+](=O)[O-])cc3)c2=O)C1. The number of aromatic nitrogens is 3. The summed E-state index contributed by atoms with van der Waals surface area (Å²) in [6.07, 6.45) is 0. The van der Waals surface area contributed by atoms with Crippen LogP contribution in [0.1, 0.15) is 16.2 Å². The Labute approximate surface area is 153 Å². The summed E-state index contributed by atoms with van der Waals surface area (Å²) in [4.78, 5) is 37.1. The van der Waals surface area contributed by atoms with E-state index in [4.69, 9.17) is 0 Å². The summed E-state index contributed by atoms with van der Waals surface area (Å²) in [6.45, 7) is 0.981. The number of hydrogen-bond acceptors (Lipinski definition) is 5. The standard InChI is InChI=1S/C18H15N5O4/c24-17(13-4-2-1-3-5-13)20-10-11-21-16(12-20)19-22(18(21)25)14-6-8-15(9-7-14)23(26)27/h1-9H,10-12H2. The van der Waals surface area contributed by atoms with E-state index in [9.17, 15) is 19.7 Å². The Morgan fingerprint density at radius 2 is 1.74 bits per heavy atom. The Hall–Kier alpha value is -3.75. The Kier molecular flexibility index (Phi) is 4.03. The Morgan fingerprint density at radius 3 is 2.41 bits per heavy atom. The lowest BCUT2D eigenvalue weighted by atomic mass is 10.2. The van der Waals surface area contributed by atoms with Gasteiger partial charge in [-0.1, -0.05) is 18.2 Å². The van der Waals surface area contributed by atoms with Gasteiger partial charge in [-0.25, -0.2) is 4.79 Å². The average molecular weight is 365 g/mol. The summed E-state index contributed by atoms with van der Waals surface area (Å²) in [5.41, 5.74) is 0.637. The van der Waals surface area contributed by atoms with E-state index in [1.54, 1.807) is 29.2 Å². The molecule has 3 aromatic rings. The molecule has 2 aromatic carbocycles. The first-order valence-electron chi connectivity index (χ1n) is 8.32. The third-order valence-electron chi connectivity index (χ3n) is 4.48. The number of amides is 1. The lowest BCUT2D eigenvalue weighted by Crippen LogP contribution is -2.40. The highest BCUT2D eigenvalue weighted by atomic mass is 16.6. The van der Waals surface area contributed by atoms with E-state index >= 15 is 0 Å². The highest BCUT2D eigenvalue weighted by Gasteiger charge is 2.26. The van der Waals surface area contributed by atoms with Crippen LogP contribution in [0.2, 0.25) is 0 Å². The van der Waals surface area contributed by atoms with Gasteiger partial charge in [0.05, 0.1) is 17.2 Å². The van der Waals surface area contributed by atoms with Crippen molar-refractivity contribution in [1.29, 1.82) is 0 Å². The van der Waals surface area contributed by atoms with E-state index in [1.807, 2.05) is 6.07 Å². The molecule has 9 nitrogen and oxygen atoms in total. The lowest BCUT2D eigenvalue weighted by Gasteiger charge is -2.26. The minimum Gasteiger partial charge on any atom is -0.329 e. The predicted molar refractivity (Wildman–Crippen MR) is 95.7 cm³/mol. The Morgan fingerprint density at radius 1 is 1.04 bits per heavy atom. The van der Waals surface area contributed by atoms with Crippen molar-refractivity contribution in [3.05, 3.63) is 86.6 Å². The first-order valence-corrected chi connectivity index (χ1v) is 8.32. The molecular weight excluding hydrogens is 350 g/mol. The van der Waals surface area contributed by atoms with Crippen LogP contribution in [0.5, 0.6) is 0 Å². The first-order chi connectivity index (χ1) is 13.0. The van der Waals surface area contributed by atoms with Gasteiger partial charge < -0.3 is 4.90 Å². The normalized spacial score (nSPS) is 13.3. The van der Waals surface area contributed by atoms with Gasteiger partial charge in [0.15, 0.2) is 5.82 Å². The molecule has 0 saturated carbocycles. The smallest absolute Gasteiger partial charge is 0.329 e. The maximum absolute atomic E-state index is 12.6. The van der Waals surface area contributed by atoms with Crippen molar-refractivity contribution in [2.24, 2.45) is 0 Å². The van der Waals surface area contributed by atoms with Crippen LogP contribution in [0.25, 0.3) is 5.69 Å². The number of fused-ring (bicyclic) bond motifs is 1. The molecule has 136 valence electrons. The number of carbonyl (C=O) groups is 1. The zero-order valence-corrected chi connectivity index (χ0v) is 14.2. The van der Waals surface area contributed by atoms with Gasteiger partial charge in [-0.05, 0) is 24.3 Å². The summed E-state index contributed by atoms with van der Waals surface area (Å²) < 4.78 is 2.73. The van der Waals surface area contributed by atoms with E-state index in [0.29, 0.717) is 30.2 Å². The van der Waals surface area contributed by atoms with Crippen LogP contribution in [0.15, 0.2) is 59.4 Å². The quantitative estimate of drug-likeness (QED) is 0.518. The van der Waals surface area contributed by atoms with Gasteiger partial charge in [-0.15, -0.1) is 5.10 Å². The van der Waals surface area contributed by atoms with Crippen LogP contribution < -0.4 is 5.69 Å². The number of benzene rings is 2. The van der Waals surface area contributed by atoms with Crippen LogP contribution in [0.4, 0.5) is 5.69 Å². The van der Waals surface area contributed by atoms with Crippen molar-refractivity contribution in [3.8, 4) is 5.69 Å². The average Bonchev–Trinajstić information content (AvgIpc) is 3.04. The van der Waals surface area contributed by atoms with Gasteiger partial charge in [0, 0.05) is 30.8 Å². The van der Waals surface area contributed by atoms with E-state index in [-0.39, 0.29) is 23.8 Å².